The fourth-order valence-electron chi connectivity index (χ4n) is 4.23. The van der Waals surface area contributed by atoms with Gasteiger partial charge < -0.3 is 4.74 Å². The lowest BCUT2D eigenvalue weighted by Gasteiger charge is -2.28. The summed E-state index contributed by atoms with van der Waals surface area (Å²) in [6.45, 7) is 2.21. The molecule has 0 heterocycles. The summed E-state index contributed by atoms with van der Waals surface area (Å²) >= 11 is 0. The van der Waals surface area contributed by atoms with Crippen molar-refractivity contribution in [3.8, 4) is 5.75 Å². The number of ether oxygens (including phenoxy) is 1. The third kappa shape index (κ3) is 7.88. The van der Waals surface area contributed by atoms with E-state index in [1.165, 1.54) is 38.5 Å². The Morgan fingerprint density at radius 3 is 2.00 bits per heavy atom. The summed E-state index contributed by atoms with van der Waals surface area (Å²) in [5.41, 5.74) is -1.98. The van der Waals surface area contributed by atoms with Crippen LogP contribution in [0, 0.1) is 23.5 Å². The van der Waals surface area contributed by atoms with Gasteiger partial charge in [0.15, 0.2) is 0 Å². The van der Waals surface area contributed by atoms with E-state index in [0.29, 0.717) is 24.5 Å². The standard InChI is InChI=1S/C23H31F5O2/c1-2-3-4-5-6-7-16-8-10-17(11-9-16)12-13-21(29)30-18-14-19(24)22(20(25)15-18)23(26,27)28/h14-17H,2-13H2,1H3/t16-,17-. The number of hydrogen-bond acceptors (Lipinski definition) is 2. The highest BCUT2D eigenvalue weighted by Crippen LogP contribution is 2.36. The van der Waals surface area contributed by atoms with Gasteiger partial charge in [0.2, 0.25) is 0 Å². The molecule has 30 heavy (non-hydrogen) atoms. The van der Waals surface area contributed by atoms with E-state index in [-0.39, 0.29) is 6.42 Å². The fraction of sp³-hybridized carbons (Fsp3) is 0.696. The zero-order chi connectivity index (χ0) is 22.1. The number of benzene rings is 1. The number of carbonyl (C=O) groups excluding carboxylic acids is 1. The lowest BCUT2D eigenvalue weighted by molar-refractivity contribution is -0.142. The second-order valence-corrected chi connectivity index (χ2v) is 8.36. The molecule has 0 bridgehead atoms. The molecule has 1 aromatic carbocycles. The maximum Gasteiger partial charge on any atom is 0.422 e. The van der Waals surface area contributed by atoms with Crippen molar-refractivity contribution in [2.24, 2.45) is 11.8 Å². The van der Waals surface area contributed by atoms with E-state index < -0.39 is 35.1 Å². The molecule has 0 spiro atoms. The van der Waals surface area contributed by atoms with Gasteiger partial charge in [-0.15, -0.1) is 0 Å². The minimum atomic E-state index is -5.15. The normalized spacial score (nSPS) is 19.7. The molecule has 1 fully saturated rings. The second-order valence-electron chi connectivity index (χ2n) is 8.36. The molecule has 170 valence electrons. The van der Waals surface area contributed by atoms with Gasteiger partial charge in [-0.2, -0.15) is 13.2 Å². The van der Waals surface area contributed by atoms with Crippen LogP contribution < -0.4 is 4.74 Å². The summed E-state index contributed by atoms with van der Waals surface area (Å²) in [6.07, 6.45) is 7.66. The maximum atomic E-state index is 13.6. The van der Waals surface area contributed by atoms with Crippen LogP contribution in [0.25, 0.3) is 0 Å². The first-order valence-corrected chi connectivity index (χ1v) is 11.0. The molecule has 0 N–H and O–H groups in total. The third-order valence-electron chi connectivity index (χ3n) is 5.97. The van der Waals surface area contributed by atoms with Gasteiger partial charge >= 0.3 is 12.1 Å². The largest absolute Gasteiger partial charge is 0.426 e. The Labute approximate surface area is 175 Å². The van der Waals surface area contributed by atoms with Crippen molar-refractivity contribution in [2.75, 3.05) is 0 Å². The zero-order valence-electron chi connectivity index (χ0n) is 17.5. The van der Waals surface area contributed by atoms with E-state index in [1.807, 2.05) is 0 Å². The number of unbranched alkanes of at least 4 members (excludes halogenated alkanes) is 4. The second kappa shape index (κ2) is 11.7. The number of rotatable bonds is 10. The quantitative estimate of drug-likeness (QED) is 0.162. The van der Waals surface area contributed by atoms with Crippen LogP contribution in [0.2, 0.25) is 0 Å². The molecule has 2 nitrogen and oxygen atoms in total. The average molecular weight is 434 g/mol. The van der Waals surface area contributed by atoms with Gasteiger partial charge in [0, 0.05) is 18.6 Å². The number of esters is 1. The number of halogens is 5. The van der Waals surface area contributed by atoms with Crippen molar-refractivity contribution in [3.05, 3.63) is 29.3 Å². The Morgan fingerprint density at radius 1 is 0.933 bits per heavy atom. The highest BCUT2D eigenvalue weighted by atomic mass is 19.4. The predicted molar refractivity (Wildman–Crippen MR) is 105 cm³/mol. The first-order valence-electron chi connectivity index (χ1n) is 11.0. The van der Waals surface area contributed by atoms with Crippen LogP contribution in [0.15, 0.2) is 12.1 Å². The van der Waals surface area contributed by atoms with E-state index in [0.717, 1.165) is 31.6 Å². The molecule has 1 saturated carbocycles. The molecule has 1 aliphatic carbocycles. The summed E-state index contributed by atoms with van der Waals surface area (Å²) in [5.74, 6) is -3.65. The van der Waals surface area contributed by atoms with Crippen molar-refractivity contribution in [1.82, 2.24) is 0 Å². The van der Waals surface area contributed by atoms with Crippen molar-refractivity contribution < 1.29 is 31.5 Å². The van der Waals surface area contributed by atoms with Crippen LogP contribution in [0.5, 0.6) is 5.75 Å². The molecule has 0 unspecified atom stereocenters. The molecule has 0 aliphatic heterocycles. The van der Waals surface area contributed by atoms with E-state index in [4.69, 9.17) is 4.74 Å². The number of alkyl halides is 3. The van der Waals surface area contributed by atoms with Crippen LogP contribution in [0.4, 0.5) is 22.0 Å². The van der Waals surface area contributed by atoms with Crippen LogP contribution >= 0.6 is 0 Å². The van der Waals surface area contributed by atoms with Crippen molar-refractivity contribution in [2.45, 2.75) is 90.1 Å². The van der Waals surface area contributed by atoms with Crippen LogP contribution in [-0.4, -0.2) is 5.97 Å². The Hall–Kier alpha value is -1.66. The number of hydrogen-bond donors (Lipinski definition) is 0. The third-order valence-corrected chi connectivity index (χ3v) is 5.97. The molecular formula is C23H31F5O2. The fourth-order valence-corrected chi connectivity index (χ4v) is 4.23. The lowest BCUT2D eigenvalue weighted by atomic mass is 9.78. The Balaban J connectivity index is 1.71. The summed E-state index contributed by atoms with van der Waals surface area (Å²) < 4.78 is 69.8. The molecular weight excluding hydrogens is 403 g/mol. The van der Waals surface area contributed by atoms with Gasteiger partial charge in [-0.3, -0.25) is 4.79 Å². The Morgan fingerprint density at radius 2 is 1.47 bits per heavy atom. The van der Waals surface area contributed by atoms with Gasteiger partial charge in [0.25, 0.3) is 0 Å². The molecule has 0 radical (unpaired) electrons. The summed E-state index contributed by atoms with van der Waals surface area (Å²) in [6, 6.07) is 0.797. The molecule has 0 saturated heterocycles. The molecule has 0 aromatic heterocycles. The smallest absolute Gasteiger partial charge is 0.422 e. The highest BCUT2D eigenvalue weighted by Gasteiger charge is 2.38. The van der Waals surface area contributed by atoms with Crippen LogP contribution in [0.1, 0.15) is 89.5 Å². The highest BCUT2D eigenvalue weighted by molar-refractivity contribution is 5.72. The van der Waals surface area contributed by atoms with Gasteiger partial charge in [0.05, 0.1) is 0 Å². The van der Waals surface area contributed by atoms with Crippen molar-refractivity contribution in [3.63, 3.8) is 0 Å². The molecule has 2 rings (SSSR count). The Kier molecular flexibility index (Phi) is 9.56. The molecule has 1 aliphatic rings. The summed E-state index contributed by atoms with van der Waals surface area (Å²) in [7, 11) is 0. The first kappa shape index (κ1) is 24.6. The van der Waals surface area contributed by atoms with Gasteiger partial charge in [0.1, 0.15) is 22.9 Å². The summed E-state index contributed by atoms with van der Waals surface area (Å²) in [4.78, 5) is 12.0. The molecule has 0 atom stereocenters. The minimum absolute atomic E-state index is 0.0800. The average Bonchev–Trinajstić information content (AvgIpc) is 2.65. The van der Waals surface area contributed by atoms with Gasteiger partial charge in [-0.05, 0) is 18.3 Å². The van der Waals surface area contributed by atoms with E-state index >= 15 is 0 Å². The van der Waals surface area contributed by atoms with Crippen molar-refractivity contribution >= 4 is 5.97 Å². The van der Waals surface area contributed by atoms with Crippen LogP contribution in [-0.2, 0) is 11.0 Å². The molecule has 7 heteroatoms. The predicted octanol–water partition coefficient (Wildman–Crippen LogP) is 7.84. The molecule has 0 amide bonds. The van der Waals surface area contributed by atoms with E-state index in [1.54, 1.807) is 0 Å². The maximum absolute atomic E-state index is 13.6. The zero-order valence-corrected chi connectivity index (χ0v) is 17.5. The van der Waals surface area contributed by atoms with Crippen molar-refractivity contribution in [1.29, 1.82) is 0 Å². The van der Waals surface area contributed by atoms with Gasteiger partial charge in [-0.25, -0.2) is 8.78 Å². The monoisotopic (exact) mass is 434 g/mol. The van der Waals surface area contributed by atoms with E-state index in [2.05, 4.69) is 6.92 Å². The topological polar surface area (TPSA) is 26.3 Å². The summed E-state index contributed by atoms with van der Waals surface area (Å²) in [5, 5.41) is 0. The first-order chi connectivity index (χ1) is 14.2. The van der Waals surface area contributed by atoms with Crippen LogP contribution in [0.3, 0.4) is 0 Å². The molecule has 1 aromatic rings. The lowest BCUT2D eigenvalue weighted by Crippen LogP contribution is -2.17. The Bertz CT molecular complexity index is 656. The SMILES string of the molecule is CCCCCCC[C@H]1CC[C@H](CCC(=O)Oc2cc(F)c(C(F)(F)F)c(F)c2)CC1. The van der Waals surface area contributed by atoms with E-state index in [9.17, 15) is 26.7 Å². The van der Waals surface area contributed by atoms with Gasteiger partial charge in [-0.1, -0.05) is 71.1 Å². The minimum Gasteiger partial charge on any atom is -0.426 e. The number of carbonyl (C=O) groups is 1.